The molecule has 1 saturated heterocycles. The fraction of sp³-hybridized carbons (Fsp3) is 0.625. The Hall–Kier alpha value is -1.40. The molecule has 1 aromatic heterocycles. The van der Waals surface area contributed by atoms with Crippen molar-refractivity contribution in [2.75, 3.05) is 26.2 Å². The zero-order valence-electron chi connectivity index (χ0n) is 13.3. The van der Waals surface area contributed by atoms with Crippen LogP contribution in [0.5, 0.6) is 0 Å². The smallest absolute Gasteiger partial charge is 0.237 e. The summed E-state index contributed by atoms with van der Waals surface area (Å²) >= 11 is 1.70. The molecule has 1 atom stereocenters. The zero-order valence-corrected chi connectivity index (χ0v) is 14.1. The molecule has 2 rings (SSSR count). The number of carbonyl (C=O) groups is 2. The van der Waals surface area contributed by atoms with E-state index in [2.05, 4.69) is 25.3 Å². The second-order valence-corrected chi connectivity index (χ2v) is 7.27. The Morgan fingerprint density at radius 1 is 1.45 bits per heavy atom. The third-order valence-electron chi connectivity index (χ3n) is 3.81. The van der Waals surface area contributed by atoms with Crippen molar-refractivity contribution in [3.05, 3.63) is 22.4 Å². The first-order valence-corrected chi connectivity index (χ1v) is 8.69. The van der Waals surface area contributed by atoms with Gasteiger partial charge in [0.25, 0.3) is 0 Å². The number of nitrogens with two attached hydrogens (primary N) is 1. The van der Waals surface area contributed by atoms with Gasteiger partial charge in [0.2, 0.25) is 11.8 Å². The molecule has 2 amide bonds. The number of carbonyl (C=O) groups excluding carboxylic acids is 2. The number of amides is 2. The normalized spacial score (nSPS) is 18.4. The molecule has 0 aliphatic carbocycles. The molecule has 0 spiro atoms. The summed E-state index contributed by atoms with van der Waals surface area (Å²) in [6, 6.07) is 4.32. The summed E-state index contributed by atoms with van der Waals surface area (Å²) in [6.45, 7) is 6.05. The molecule has 5 nitrogen and oxygen atoms in total. The lowest BCUT2D eigenvalue weighted by atomic mass is 10.2. The molecular formula is C16H25N3O2S. The van der Waals surface area contributed by atoms with Crippen LogP contribution in [0.25, 0.3) is 0 Å². The fourth-order valence-corrected chi connectivity index (χ4v) is 3.92. The highest BCUT2D eigenvalue weighted by molar-refractivity contribution is 7.10. The lowest BCUT2D eigenvalue weighted by Gasteiger charge is -2.28. The van der Waals surface area contributed by atoms with Crippen LogP contribution in [0, 0.1) is 5.92 Å². The number of primary amides is 1. The van der Waals surface area contributed by atoms with Crippen LogP contribution in [0.3, 0.4) is 0 Å². The first-order valence-electron chi connectivity index (χ1n) is 7.81. The number of nitrogens with zero attached hydrogens (tertiary/aromatic N) is 2. The Morgan fingerprint density at radius 2 is 2.23 bits per heavy atom. The predicted molar refractivity (Wildman–Crippen MR) is 88.5 cm³/mol. The van der Waals surface area contributed by atoms with Crippen LogP contribution in [0.4, 0.5) is 0 Å². The van der Waals surface area contributed by atoms with Gasteiger partial charge in [-0.1, -0.05) is 19.9 Å². The zero-order chi connectivity index (χ0) is 16.1. The van der Waals surface area contributed by atoms with Gasteiger partial charge < -0.3 is 10.6 Å². The van der Waals surface area contributed by atoms with Crippen LogP contribution in [-0.2, 0) is 9.59 Å². The first kappa shape index (κ1) is 17.0. The minimum Gasteiger partial charge on any atom is -0.369 e. The molecule has 6 heteroatoms. The van der Waals surface area contributed by atoms with Crippen molar-refractivity contribution in [3.8, 4) is 0 Å². The molecule has 2 heterocycles. The summed E-state index contributed by atoms with van der Waals surface area (Å²) < 4.78 is 0. The Bertz CT molecular complexity index is 501. The Balaban J connectivity index is 2.00. The summed E-state index contributed by atoms with van der Waals surface area (Å²) in [7, 11) is 0. The van der Waals surface area contributed by atoms with Crippen LogP contribution >= 0.6 is 11.3 Å². The maximum Gasteiger partial charge on any atom is 0.237 e. The topological polar surface area (TPSA) is 66.6 Å². The van der Waals surface area contributed by atoms with Gasteiger partial charge in [0.05, 0.1) is 19.1 Å². The van der Waals surface area contributed by atoms with Crippen LogP contribution < -0.4 is 5.73 Å². The van der Waals surface area contributed by atoms with Gasteiger partial charge in [-0.15, -0.1) is 11.3 Å². The average Bonchev–Trinajstić information content (AvgIpc) is 3.08. The summed E-state index contributed by atoms with van der Waals surface area (Å²) in [5.74, 6) is 0.0984. The third kappa shape index (κ3) is 4.55. The van der Waals surface area contributed by atoms with Gasteiger partial charge >= 0.3 is 0 Å². The third-order valence-corrected chi connectivity index (χ3v) is 4.78. The molecule has 22 heavy (non-hydrogen) atoms. The standard InChI is InChI=1S/C16H25N3O2S/c1-12(2)9-18(10-15(17)20)11-16(21)19-7-3-5-13(19)14-6-4-8-22-14/h4,6,8,12-13H,3,5,7,9-11H2,1-2H3,(H2,17,20). The quantitative estimate of drug-likeness (QED) is 0.833. The number of likely N-dealkylation sites (tertiary alicyclic amines) is 1. The minimum atomic E-state index is -0.385. The number of thiophene rings is 1. The average molecular weight is 323 g/mol. The molecular weight excluding hydrogens is 298 g/mol. The molecule has 2 N–H and O–H groups in total. The van der Waals surface area contributed by atoms with Gasteiger partial charge in [-0.3, -0.25) is 14.5 Å². The molecule has 1 unspecified atom stereocenters. The largest absolute Gasteiger partial charge is 0.369 e. The van der Waals surface area contributed by atoms with Crippen LogP contribution in [-0.4, -0.2) is 47.8 Å². The SMILES string of the molecule is CC(C)CN(CC(N)=O)CC(=O)N1CCCC1c1cccs1. The second-order valence-electron chi connectivity index (χ2n) is 6.29. The van der Waals surface area contributed by atoms with Crippen LogP contribution in [0.2, 0.25) is 0 Å². The van der Waals surface area contributed by atoms with E-state index in [9.17, 15) is 9.59 Å². The van der Waals surface area contributed by atoms with Crippen molar-refractivity contribution in [2.45, 2.75) is 32.7 Å². The molecule has 1 aliphatic rings. The van der Waals surface area contributed by atoms with E-state index in [1.807, 2.05) is 15.9 Å². The summed E-state index contributed by atoms with van der Waals surface area (Å²) in [5.41, 5.74) is 5.30. The lowest BCUT2D eigenvalue weighted by molar-refractivity contribution is -0.133. The van der Waals surface area contributed by atoms with E-state index < -0.39 is 0 Å². The highest BCUT2D eigenvalue weighted by atomic mass is 32.1. The van der Waals surface area contributed by atoms with E-state index in [-0.39, 0.29) is 30.9 Å². The summed E-state index contributed by atoms with van der Waals surface area (Å²) in [4.78, 5) is 28.9. The Morgan fingerprint density at radius 3 is 2.82 bits per heavy atom. The summed E-state index contributed by atoms with van der Waals surface area (Å²) in [6.07, 6.45) is 2.06. The fourth-order valence-electron chi connectivity index (χ4n) is 3.05. The molecule has 1 aliphatic heterocycles. The first-order chi connectivity index (χ1) is 10.5. The number of rotatable bonds is 7. The van der Waals surface area contributed by atoms with E-state index in [4.69, 9.17) is 5.73 Å². The van der Waals surface area contributed by atoms with E-state index in [0.29, 0.717) is 12.5 Å². The highest BCUT2D eigenvalue weighted by Crippen LogP contribution is 2.34. The monoisotopic (exact) mass is 323 g/mol. The highest BCUT2D eigenvalue weighted by Gasteiger charge is 2.31. The van der Waals surface area contributed by atoms with E-state index in [1.165, 1.54) is 4.88 Å². The molecule has 1 aromatic rings. The Kier molecular flexibility index (Phi) is 5.97. The molecule has 0 aromatic carbocycles. The Labute approximate surface area is 136 Å². The number of hydrogen-bond acceptors (Lipinski definition) is 4. The van der Waals surface area contributed by atoms with Crippen molar-refractivity contribution < 1.29 is 9.59 Å². The molecule has 0 radical (unpaired) electrons. The van der Waals surface area contributed by atoms with Crippen molar-refractivity contribution in [3.63, 3.8) is 0 Å². The second kappa shape index (κ2) is 7.74. The predicted octanol–water partition coefficient (Wildman–Crippen LogP) is 1.85. The van der Waals surface area contributed by atoms with Crippen molar-refractivity contribution >= 4 is 23.2 Å². The molecule has 0 saturated carbocycles. The van der Waals surface area contributed by atoms with Gasteiger partial charge in [-0.05, 0) is 30.2 Å². The molecule has 122 valence electrons. The van der Waals surface area contributed by atoms with Crippen LogP contribution in [0.1, 0.15) is 37.6 Å². The van der Waals surface area contributed by atoms with Gasteiger partial charge in [0, 0.05) is 18.0 Å². The molecule has 1 fully saturated rings. The van der Waals surface area contributed by atoms with E-state index >= 15 is 0 Å². The number of hydrogen-bond donors (Lipinski definition) is 1. The van der Waals surface area contributed by atoms with E-state index in [0.717, 1.165) is 19.4 Å². The summed E-state index contributed by atoms with van der Waals surface area (Å²) in [5, 5.41) is 2.05. The van der Waals surface area contributed by atoms with E-state index in [1.54, 1.807) is 11.3 Å². The molecule has 0 bridgehead atoms. The minimum absolute atomic E-state index is 0.0952. The van der Waals surface area contributed by atoms with Crippen molar-refractivity contribution in [2.24, 2.45) is 11.7 Å². The lowest BCUT2D eigenvalue weighted by Crippen LogP contribution is -2.44. The van der Waals surface area contributed by atoms with Crippen molar-refractivity contribution in [1.82, 2.24) is 9.80 Å². The maximum atomic E-state index is 12.7. The van der Waals surface area contributed by atoms with Gasteiger partial charge in [-0.2, -0.15) is 0 Å². The van der Waals surface area contributed by atoms with Gasteiger partial charge in [-0.25, -0.2) is 0 Å². The van der Waals surface area contributed by atoms with Gasteiger partial charge in [0.15, 0.2) is 0 Å². The van der Waals surface area contributed by atoms with Crippen LogP contribution in [0.15, 0.2) is 17.5 Å². The maximum absolute atomic E-state index is 12.7. The van der Waals surface area contributed by atoms with Gasteiger partial charge in [0.1, 0.15) is 0 Å². The van der Waals surface area contributed by atoms with Crippen molar-refractivity contribution in [1.29, 1.82) is 0 Å².